The number of hydrogen-bond donors (Lipinski definition) is 2. The molecule has 0 saturated carbocycles. The number of anilines is 1. The lowest BCUT2D eigenvalue weighted by Crippen LogP contribution is -2.17. The summed E-state index contributed by atoms with van der Waals surface area (Å²) in [5, 5.41) is 19.5. The van der Waals surface area contributed by atoms with Gasteiger partial charge in [-0.15, -0.1) is 5.10 Å². The molecule has 0 saturated heterocycles. The number of carboxylic acids is 1. The van der Waals surface area contributed by atoms with Crippen LogP contribution < -0.4 is 5.32 Å². The van der Waals surface area contributed by atoms with E-state index in [-0.39, 0.29) is 11.1 Å². The molecule has 0 radical (unpaired) electrons. The highest BCUT2D eigenvalue weighted by Crippen LogP contribution is 2.28. The SMILES string of the molecule is CC(C)(C)c1ccccc1NCCn1cc(C(=O)O)nn1. The Morgan fingerprint density at radius 1 is 1.33 bits per heavy atom. The minimum absolute atomic E-state index is 0.0370. The molecular formula is C15H20N4O2. The van der Waals surface area contributed by atoms with Crippen molar-refractivity contribution in [1.82, 2.24) is 15.0 Å². The Morgan fingerprint density at radius 2 is 2.05 bits per heavy atom. The average Bonchev–Trinajstić information content (AvgIpc) is 2.87. The Bertz CT molecular complexity index is 629. The quantitative estimate of drug-likeness (QED) is 0.883. The van der Waals surface area contributed by atoms with Crippen LogP contribution >= 0.6 is 0 Å². The van der Waals surface area contributed by atoms with Gasteiger partial charge in [-0.1, -0.05) is 44.2 Å². The van der Waals surface area contributed by atoms with Crippen LogP contribution in [0.25, 0.3) is 0 Å². The van der Waals surface area contributed by atoms with Crippen molar-refractivity contribution < 1.29 is 9.90 Å². The predicted molar refractivity (Wildman–Crippen MR) is 80.6 cm³/mol. The average molecular weight is 288 g/mol. The minimum Gasteiger partial charge on any atom is -0.476 e. The molecule has 0 amide bonds. The molecule has 0 spiro atoms. The molecule has 0 fully saturated rings. The smallest absolute Gasteiger partial charge is 0.358 e. The second-order valence-corrected chi connectivity index (χ2v) is 5.89. The Balaban J connectivity index is 1.99. The van der Waals surface area contributed by atoms with Crippen LogP contribution in [0.3, 0.4) is 0 Å². The number of carbonyl (C=O) groups is 1. The van der Waals surface area contributed by atoms with Gasteiger partial charge in [-0.25, -0.2) is 9.48 Å². The fourth-order valence-corrected chi connectivity index (χ4v) is 2.10. The molecule has 2 aromatic rings. The number of rotatable bonds is 5. The summed E-state index contributed by atoms with van der Waals surface area (Å²) in [5.41, 5.74) is 2.36. The molecule has 6 nitrogen and oxygen atoms in total. The highest BCUT2D eigenvalue weighted by molar-refractivity contribution is 5.84. The number of nitrogens with zero attached hydrogens (tertiary/aromatic N) is 3. The first kappa shape index (κ1) is 15.0. The van der Waals surface area contributed by atoms with E-state index in [0.717, 1.165) is 5.69 Å². The topological polar surface area (TPSA) is 80.0 Å². The van der Waals surface area contributed by atoms with Crippen LogP contribution in [0, 0.1) is 0 Å². The maximum Gasteiger partial charge on any atom is 0.358 e. The van der Waals surface area contributed by atoms with E-state index in [9.17, 15) is 4.79 Å². The molecule has 0 atom stereocenters. The second kappa shape index (κ2) is 5.95. The van der Waals surface area contributed by atoms with Crippen molar-refractivity contribution in [2.75, 3.05) is 11.9 Å². The van der Waals surface area contributed by atoms with Crippen molar-refractivity contribution in [3.05, 3.63) is 41.7 Å². The van der Waals surface area contributed by atoms with Crippen LogP contribution in [0.15, 0.2) is 30.5 Å². The Hall–Kier alpha value is -2.37. The molecule has 112 valence electrons. The molecule has 0 aliphatic carbocycles. The number of nitrogens with one attached hydrogen (secondary N) is 1. The fraction of sp³-hybridized carbons (Fsp3) is 0.400. The normalized spacial score (nSPS) is 11.4. The highest BCUT2D eigenvalue weighted by atomic mass is 16.4. The Morgan fingerprint density at radius 3 is 2.67 bits per heavy atom. The van der Waals surface area contributed by atoms with Gasteiger partial charge < -0.3 is 10.4 Å². The second-order valence-electron chi connectivity index (χ2n) is 5.89. The van der Waals surface area contributed by atoms with E-state index in [0.29, 0.717) is 13.1 Å². The minimum atomic E-state index is -1.06. The molecule has 0 unspecified atom stereocenters. The van der Waals surface area contributed by atoms with Crippen LogP contribution in [-0.4, -0.2) is 32.6 Å². The monoisotopic (exact) mass is 288 g/mol. The van der Waals surface area contributed by atoms with Crippen LogP contribution in [0.2, 0.25) is 0 Å². The standard InChI is InChI=1S/C15H20N4O2/c1-15(2,3)11-6-4-5-7-12(11)16-8-9-19-10-13(14(20)21)17-18-19/h4-7,10,16H,8-9H2,1-3H3,(H,20,21). The lowest BCUT2D eigenvalue weighted by atomic mass is 9.86. The summed E-state index contributed by atoms with van der Waals surface area (Å²) in [4.78, 5) is 10.7. The van der Waals surface area contributed by atoms with Crippen molar-refractivity contribution in [3.8, 4) is 0 Å². The number of aromatic nitrogens is 3. The van der Waals surface area contributed by atoms with Gasteiger partial charge in [-0.05, 0) is 17.0 Å². The summed E-state index contributed by atoms with van der Waals surface area (Å²) >= 11 is 0. The van der Waals surface area contributed by atoms with Crippen LogP contribution in [0.4, 0.5) is 5.69 Å². The molecule has 2 N–H and O–H groups in total. The van der Waals surface area contributed by atoms with Gasteiger partial charge in [0, 0.05) is 12.2 Å². The van der Waals surface area contributed by atoms with E-state index in [2.05, 4.69) is 42.5 Å². The first-order chi connectivity index (χ1) is 9.88. The van der Waals surface area contributed by atoms with Gasteiger partial charge in [0.15, 0.2) is 5.69 Å². The van der Waals surface area contributed by atoms with E-state index in [4.69, 9.17) is 5.11 Å². The van der Waals surface area contributed by atoms with E-state index in [1.165, 1.54) is 16.4 Å². The first-order valence-electron chi connectivity index (χ1n) is 6.85. The Kier molecular flexibility index (Phi) is 4.26. The molecule has 21 heavy (non-hydrogen) atoms. The van der Waals surface area contributed by atoms with E-state index in [1.807, 2.05) is 18.2 Å². The predicted octanol–water partition coefficient (Wildman–Crippen LogP) is 2.39. The lowest BCUT2D eigenvalue weighted by molar-refractivity contribution is 0.0690. The number of hydrogen-bond acceptors (Lipinski definition) is 4. The van der Waals surface area contributed by atoms with E-state index in [1.54, 1.807) is 0 Å². The zero-order valence-electron chi connectivity index (χ0n) is 12.5. The molecule has 0 aliphatic heterocycles. The highest BCUT2D eigenvalue weighted by Gasteiger charge is 2.17. The van der Waals surface area contributed by atoms with Crippen molar-refractivity contribution in [2.24, 2.45) is 0 Å². The van der Waals surface area contributed by atoms with Gasteiger partial charge >= 0.3 is 5.97 Å². The summed E-state index contributed by atoms with van der Waals surface area (Å²) in [6, 6.07) is 8.18. The van der Waals surface area contributed by atoms with Crippen LogP contribution in [-0.2, 0) is 12.0 Å². The van der Waals surface area contributed by atoms with Crippen LogP contribution in [0.1, 0.15) is 36.8 Å². The van der Waals surface area contributed by atoms with Crippen LogP contribution in [0.5, 0.6) is 0 Å². The summed E-state index contributed by atoms with van der Waals surface area (Å²) in [6.45, 7) is 7.71. The number of carboxylic acid groups (broad SMARTS) is 1. The fourth-order valence-electron chi connectivity index (χ4n) is 2.10. The molecule has 1 aromatic carbocycles. The van der Waals surface area contributed by atoms with Crippen molar-refractivity contribution in [2.45, 2.75) is 32.7 Å². The maximum atomic E-state index is 10.7. The van der Waals surface area contributed by atoms with Crippen molar-refractivity contribution in [1.29, 1.82) is 0 Å². The summed E-state index contributed by atoms with van der Waals surface area (Å²) < 4.78 is 1.52. The summed E-state index contributed by atoms with van der Waals surface area (Å²) in [6.07, 6.45) is 1.43. The third-order valence-electron chi connectivity index (χ3n) is 3.15. The molecule has 1 heterocycles. The van der Waals surface area contributed by atoms with Gasteiger partial charge in [0.1, 0.15) is 0 Å². The molecule has 2 rings (SSSR count). The third-order valence-corrected chi connectivity index (χ3v) is 3.15. The van der Waals surface area contributed by atoms with Gasteiger partial charge in [0.2, 0.25) is 0 Å². The van der Waals surface area contributed by atoms with Crippen molar-refractivity contribution in [3.63, 3.8) is 0 Å². The largest absolute Gasteiger partial charge is 0.476 e. The summed E-state index contributed by atoms with van der Waals surface area (Å²) in [5.74, 6) is -1.06. The molecule has 6 heteroatoms. The molecule has 0 aliphatic rings. The van der Waals surface area contributed by atoms with Gasteiger partial charge in [-0.2, -0.15) is 0 Å². The maximum absolute atomic E-state index is 10.7. The van der Waals surface area contributed by atoms with E-state index < -0.39 is 5.97 Å². The number of aromatic carboxylic acids is 1. The lowest BCUT2D eigenvalue weighted by Gasteiger charge is -2.23. The zero-order valence-corrected chi connectivity index (χ0v) is 12.5. The molecule has 1 aromatic heterocycles. The third kappa shape index (κ3) is 3.81. The van der Waals surface area contributed by atoms with Gasteiger partial charge in [-0.3, -0.25) is 0 Å². The van der Waals surface area contributed by atoms with Crippen molar-refractivity contribution >= 4 is 11.7 Å². The molecular weight excluding hydrogens is 268 g/mol. The first-order valence-corrected chi connectivity index (χ1v) is 6.85. The van der Waals surface area contributed by atoms with E-state index >= 15 is 0 Å². The zero-order chi connectivity index (χ0) is 15.5. The number of para-hydroxylation sites is 1. The Labute approximate surface area is 123 Å². The molecule has 0 bridgehead atoms. The van der Waals surface area contributed by atoms with Gasteiger partial charge in [0.25, 0.3) is 0 Å². The summed E-state index contributed by atoms with van der Waals surface area (Å²) in [7, 11) is 0. The van der Waals surface area contributed by atoms with Gasteiger partial charge in [0.05, 0.1) is 12.7 Å². The number of benzene rings is 1.